The van der Waals surface area contributed by atoms with Crippen LogP contribution < -0.4 is 4.90 Å². The Morgan fingerprint density at radius 2 is 1.78 bits per heavy atom. The van der Waals surface area contributed by atoms with Gasteiger partial charge in [-0.05, 0) is 36.5 Å². The van der Waals surface area contributed by atoms with Gasteiger partial charge in [0.15, 0.2) is 0 Å². The highest BCUT2D eigenvalue weighted by Crippen LogP contribution is 2.33. The third-order valence-corrected chi connectivity index (χ3v) is 4.04. The van der Waals surface area contributed by atoms with Crippen molar-refractivity contribution in [3.05, 3.63) is 29.8 Å². The van der Waals surface area contributed by atoms with E-state index in [9.17, 15) is 4.79 Å². The third kappa shape index (κ3) is 2.22. The van der Waals surface area contributed by atoms with Gasteiger partial charge >= 0.3 is 6.09 Å². The SMILES string of the molecule is O=C1OCCN1c1ccc(C2CCCCC2)cc1. The second-order valence-corrected chi connectivity index (χ2v) is 5.19. The van der Waals surface area contributed by atoms with E-state index in [2.05, 4.69) is 24.3 Å². The highest BCUT2D eigenvalue weighted by atomic mass is 16.6. The van der Waals surface area contributed by atoms with E-state index < -0.39 is 0 Å². The Labute approximate surface area is 108 Å². The molecule has 1 amide bonds. The fourth-order valence-electron chi connectivity index (χ4n) is 2.99. The van der Waals surface area contributed by atoms with Crippen molar-refractivity contribution in [1.82, 2.24) is 0 Å². The number of hydrogen-bond acceptors (Lipinski definition) is 2. The van der Waals surface area contributed by atoms with Gasteiger partial charge in [-0.25, -0.2) is 4.79 Å². The summed E-state index contributed by atoms with van der Waals surface area (Å²) in [7, 11) is 0. The van der Waals surface area contributed by atoms with Crippen molar-refractivity contribution in [2.45, 2.75) is 38.0 Å². The molecule has 1 aliphatic carbocycles. The first kappa shape index (κ1) is 11.6. The number of rotatable bonds is 2. The molecular weight excluding hydrogens is 226 g/mol. The summed E-state index contributed by atoms with van der Waals surface area (Å²) in [5, 5.41) is 0. The van der Waals surface area contributed by atoms with Crippen LogP contribution in [-0.4, -0.2) is 19.2 Å². The number of carbonyl (C=O) groups is 1. The number of cyclic esters (lactones) is 1. The quantitative estimate of drug-likeness (QED) is 0.795. The predicted molar refractivity (Wildman–Crippen MR) is 71.0 cm³/mol. The van der Waals surface area contributed by atoms with Crippen molar-refractivity contribution in [3.8, 4) is 0 Å². The van der Waals surface area contributed by atoms with Gasteiger partial charge in [-0.15, -0.1) is 0 Å². The molecule has 0 aromatic heterocycles. The minimum absolute atomic E-state index is 0.222. The zero-order valence-electron chi connectivity index (χ0n) is 10.6. The molecule has 1 aromatic rings. The van der Waals surface area contributed by atoms with Crippen molar-refractivity contribution in [2.24, 2.45) is 0 Å². The van der Waals surface area contributed by atoms with E-state index in [1.165, 1.54) is 37.7 Å². The van der Waals surface area contributed by atoms with Crippen LogP contribution in [0.25, 0.3) is 0 Å². The van der Waals surface area contributed by atoms with Crippen LogP contribution in [0.5, 0.6) is 0 Å². The number of hydrogen-bond donors (Lipinski definition) is 0. The van der Waals surface area contributed by atoms with Crippen molar-refractivity contribution in [1.29, 1.82) is 0 Å². The van der Waals surface area contributed by atoms with E-state index in [1.807, 2.05) is 0 Å². The second-order valence-electron chi connectivity index (χ2n) is 5.19. The minimum Gasteiger partial charge on any atom is -0.447 e. The summed E-state index contributed by atoms with van der Waals surface area (Å²) < 4.78 is 4.95. The lowest BCUT2D eigenvalue weighted by Crippen LogP contribution is -2.23. The minimum atomic E-state index is -0.222. The van der Waals surface area contributed by atoms with Crippen LogP contribution in [0.15, 0.2) is 24.3 Å². The first-order chi connectivity index (χ1) is 8.84. The van der Waals surface area contributed by atoms with Crippen molar-refractivity contribution in [3.63, 3.8) is 0 Å². The molecule has 96 valence electrons. The molecular formula is C15H19NO2. The molecule has 18 heavy (non-hydrogen) atoms. The van der Waals surface area contributed by atoms with Gasteiger partial charge in [0.25, 0.3) is 0 Å². The molecule has 3 nitrogen and oxygen atoms in total. The summed E-state index contributed by atoms with van der Waals surface area (Å²) in [6.07, 6.45) is 6.49. The van der Waals surface area contributed by atoms with Gasteiger partial charge < -0.3 is 4.74 Å². The maximum absolute atomic E-state index is 11.5. The van der Waals surface area contributed by atoms with Crippen LogP contribution in [0.1, 0.15) is 43.6 Å². The molecule has 3 rings (SSSR count). The van der Waals surface area contributed by atoms with E-state index in [4.69, 9.17) is 4.74 Å². The largest absolute Gasteiger partial charge is 0.447 e. The van der Waals surface area contributed by atoms with E-state index >= 15 is 0 Å². The lowest BCUT2D eigenvalue weighted by Gasteiger charge is -2.22. The average Bonchev–Trinajstić information content (AvgIpc) is 2.86. The lowest BCUT2D eigenvalue weighted by molar-refractivity contribution is 0.181. The second kappa shape index (κ2) is 5.01. The molecule has 1 saturated carbocycles. The van der Waals surface area contributed by atoms with Crippen LogP contribution >= 0.6 is 0 Å². The summed E-state index contributed by atoms with van der Waals surface area (Å²) in [6, 6.07) is 8.46. The zero-order chi connectivity index (χ0) is 12.4. The van der Waals surface area contributed by atoms with Crippen molar-refractivity contribution >= 4 is 11.8 Å². The van der Waals surface area contributed by atoms with E-state index in [-0.39, 0.29) is 6.09 Å². The van der Waals surface area contributed by atoms with Crippen LogP contribution in [-0.2, 0) is 4.74 Å². The maximum Gasteiger partial charge on any atom is 0.414 e. The first-order valence-corrected chi connectivity index (χ1v) is 6.89. The molecule has 1 heterocycles. The molecule has 2 fully saturated rings. The van der Waals surface area contributed by atoms with Gasteiger partial charge in [0.2, 0.25) is 0 Å². The predicted octanol–water partition coefficient (Wildman–Crippen LogP) is 3.69. The van der Waals surface area contributed by atoms with Crippen LogP contribution in [0.2, 0.25) is 0 Å². The average molecular weight is 245 g/mol. The molecule has 0 atom stereocenters. The molecule has 1 aliphatic heterocycles. The van der Waals surface area contributed by atoms with Crippen LogP contribution in [0, 0.1) is 0 Å². The molecule has 0 bridgehead atoms. The van der Waals surface area contributed by atoms with Gasteiger partial charge in [0, 0.05) is 5.69 Å². The summed E-state index contributed by atoms with van der Waals surface area (Å²) in [5.41, 5.74) is 2.38. The Morgan fingerprint density at radius 1 is 1.06 bits per heavy atom. The molecule has 1 saturated heterocycles. The van der Waals surface area contributed by atoms with Gasteiger partial charge in [-0.2, -0.15) is 0 Å². The van der Waals surface area contributed by atoms with E-state index in [0.29, 0.717) is 13.2 Å². The Morgan fingerprint density at radius 3 is 2.39 bits per heavy atom. The van der Waals surface area contributed by atoms with Crippen molar-refractivity contribution < 1.29 is 9.53 Å². The smallest absolute Gasteiger partial charge is 0.414 e. The zero-order valence-corrected chi connectivity index (χ0v) is 10.6. The molecule has 0 spiro atoms. The number of carbonyl (C=O) groups excluding carboxylic acids is 1. The van der Waals surface area contributed by atoms with Gasteiger partial charge in [0.1, 0.15) is 6.61 Å². The summed E-state index contributed by atoms with van der Waals surface area (Å²) in [5.74, 6) is 0.721. The Hall–Kier alpha value is -1.51. The van der Waals surface area contributed by atoms with Gasteiger partial charge in [-0.3, -0.25) is 4.90 Å². The standard InChI is InChI=1S/C15H19NO2/c17-15-16(10-11-18-15)14-8-6-13(7-9-14)12-4-2-1-3-5-12/h6-9,12H,1-5,10-11H2. The Bertz CT molecular complexity index is 421. The number of amides is 1. The van der Waals surface area contributed by atoms with Gasteiger partial charge in [0.05, 0.1) is 6.54 Å². The maximum atomic E-state index is 11.5. The highest BCUT2D eigenvalue weighted by Gasteiger charge is 2.23. The lowest BCUT2D eigenvalue weighted by atomic mass is 9.84. The number of benzene rings is 1. The van der Waals surface area contributed by atoms with Crippen molar-refractivity contribution in [2.75, 3.05) is 18.1 Å². The Balaban J connectivity index is 1.74. The molecule has 0 radical (unpaired) electrons. The van der Waals surface area contributed by atoms with Crippen LogP contribution in [0.4, 0.5) is 10.5 Å². The molecule has 0 unspecified atom stereocenters. The number of ether oxygens (including phenoxy) is 1. The fraction of sp³-hybridized carbons (Fsp3) is 0.533. The number of anilines is 1. The normalized spacial score (nSPS) is 21.1. The van der Waals surface area contributed by atoms with Gasteiger partial charge in [-0.1, -0.05) is 31.4 Å². The van der Waals surface area contributed by atoms with E-state index in [0.717, 1.165) is 11.6 Å². The fourth-order valence-corrected chi connectivity index (χ4v) is 2.99. The third-order valence-electron chi connectivity index (χ3n) is 4.04. The molecule has 3 heteroatoms. The molecule has 2 aliphatic rings. The Kier molecular flexibility index (Phi) is 3.22. The summed E-state index contributed by atoms with van der Waals surface area (Å²) in [4.78, 5) is 13.2. The highest BCUT2D eigenvalue weighted by molar-refractivity contribution is 5.89. The topological polar surface area (TPSA) is 29.5 Å². The summed E-state index contributed by atoms with van der Waals surface area (Å²) >= 11 is 0. The first-order valence-electron chi connectivity index (χ1n) is 6.89. The molecule has 0 N–H and O–H groups in total. The van der Waals surface area contributed by atoms with Crippen LogP contribution in [0.3, 0.4) is 0 Å². The van der Waals surface area contributed by atoms with E-state index in [1.54, 1.807) is 4.90 Å². The molecule has 1 aromatic carbocycles. The monoisotopic (exact) mass is 245 g/mol. The number of nitrogens with zero attached hydrogens (tertiary/aromatic N) is 1. The summed E-state index contributed by atoms with van der Waals surface area (Å²) in [6.45, 7) is 1.17.